The van der Waals surface area contributed by atoms with Crippen molar-refractivity contribution in [2.75, 3.05) is 5.88 Å². The summed E-state index contributed by atoms with van der Waals surface area (Å²) in [4.78, 5) is 11.5. The van der Waals surface area contributed by atoms with Gasteiger partial charge in [0.25, 0.3) is 0 Å². The quantitative estimate of drug-likeness (QED) is 0.486. The molecule has 0 fully saturated rings. The fourth-order valence-corrected chi connectivity index (χ4v) is 1.61. The molecule has 0 aromatic heterocycles. The fraction of sp³-hybridized carbons (Fsp3) is 0.923. The number of hydrogen-bond acceptors (Lipinski definition) is 1. The van der Waals surface area contributed by atoms with Crippen LogP contribution in [0.5, 0.6) is 0 Å². The van der Waals surface area contributed by atoms with Crippen LogP contribution >= 0.6 is 11.6 Å². The zero-order chi connectivity index (χ0) is 12.4. The first-order valence-corrected chi connectivity index (χ1v) is 6.92. The molecule has 0 aliphatic rings. The lowest BCUT2D eigenvalue weighted by Gasteiger charge is -2.23. The van der Waals surface area contributed by atoms with Crippen molar-refractivity contribution in [3.05, 3.63) is 0 Å². The number of unbranched alkanes of at least 4 members (excludes halogenated alkanes) is 5. The molecular formula is C13H26ClNO. The molecule has 96 valence electrons. The molecule has 0 aliphatic carbocycles. The predicted molar refractivity (Wildman–Crippen MR) is 70.9 cm³/mol. The van der Waals surface area contributed by atoms with Gasteiger partial charge in [0.2, 0.25) is 5.91 Å². The average molecular weight is 248 g/mol. The summed E-state index contributed by atoms with van der Waals surface area (Å²) in [6, 6.07) is 0. The summed E-state index contributed by atoms with van der Waals surface area (Å²) < 4.78 is 0. The van der Waals surface area contributed by atoms with Crippen LogP contribution in [0.15, 0.2) is 0 Å². The van der Waals surface area contributed by atoms with Crippen molar-refractivity contribution in [2.45, 2.75) is 71.3 Å². The number of hydrogen-bond donors (Lipinski definition) is 1. The van der Waals surface area contributed by atoms with Crippen LogP contribution in [0.4, 0.5) is 0 Å². The topological polar surface area (TPSA) is 29.1 Å². The Bertz CT molecular complexity index is 192. The molecule has 0 spiro atoms. The number of nitrogens with one attached hydrogen (secondary N) is 1. The number of halogens is 1. The number of alkyl halides is 1. The molecule has 0 aromatic carbocycles. The van der Waals surface area contributed by atoms with Gasteiger partial charge in [0.1, 0.15) is 0 Å². The van der Waals surface area contributed by atoms with Gasteiger partial charge in [0.15, 0.2) is 0 Å². The van der Waals surface area contributed by atoms with Gasteiger partial charge in [0.05, 0.1) is 0 Å². The highest BCUT2D eigenvalue weighted by Crippen LogP contribution is 2.09. The molecule has 0 aromatic rings. The van der Waals surface area contributed by atoms with Crippen LogP contribution in [0.1, 0.15) is 65.7 Å². The van der Waals surface area contributed by atoms with E-state index in [4.69, 9.17) is 11.6 Å². The van der Waals surface area contributed by atoms with Crippen molar-refractivity contribution in [3.63, 3.8) is 0 Å². The summed E-state index contributed by atoms with van der Waals surface area (Å²) >= 11 is 5.74. The molecule has 2 nitrogen and oxygen atoms in total. The standard InChI is InChI=1S/C13H26ClNO/c1-4-5-6-7-8-9-10-12(16)15-13(2,3)11-14/h4-11H2,1-3H3,(H,15,16). The van der Waals surface area contributed by atoms with Crippen LogP contribution in [0.2, 0.25) is 0 Å². The first-order valence-electron chi connectivity index (χ1n) is 6.39. The van der Waals surface area contributed by atoms with Crippen molar-refractivity contribution >= 4 is 17.5 Å². The van der Waals surface area contributed by atoms with Gasteiger partial charge in [-0.05, 0) is 20.3 Å². The molecule has 1 amide bonds. The Hall–Kier alpha value is -0.240. The van der Waals surface area contributed by atoms with E-state index >= 15 is 0 Å². The van der Waals surface area contributed by atoms with E-state index < -0.39 is 0 Å². The molecule has 1 N–H and O–H groups in total. The summed E-state index contributed by atoms with van der Waals surface area (Å²) in [5, 5.41) is 2.94. The molecule has 0 bridgehead atoms. The number of carbonyl (C=O) groups is 1. The number of amides is 1. The Morgan fingerprint density at radius 1 is 1.12 bits per heavy atom. The Morgan fingerprint density at radius 2 is 1.69 bits per heavy atom. The molecule has 0 unspecified atom stereocenters. The lowest BCUT2D eigenvalue weighted by molar-refractivity contribution is -0.122. The summed E-state index contributed by atoms with van der Waals surface area (Å²) in [5.74, 6) is 0.580. The largest absolute Gasteiger partial charge is 0.350 e. The van der Waals surface area contributed by atoms with Crippen LogP contribution in [0.3, 0.4) is 0 Å². The second-order valence-corrected chi connectivity index (χ2v) is 5.35. The van der Waals surface area contributed by atoms with Crippen molar-refractivity contribution in [2.24, 2.45) is 0 Å². The summed E-state index contributed by atoms with van der Waals surface area (Å²) in [5.41, 5.74) is -0.277. The van der Waals surface area contributed by atoms with Gasteiger partial charge in [0, 0.05) is 17.8 Å². The Kier molecular flexibility index (Phi) is 8.73. The second kappa shape index (κ2) is 8.86. The minimum atomic E-state index is -0.277. The van der Waals surface area contributed by atoms with Gasteiger partial charge in [-0.1, -0.05) is 39.0 Å². The van der Waals surface area contributed by atoms with E-state index in [1.807, 2.05) is 13.8 Å². The third kappa shape index (κ3) is 9.02. The lowest BCUT2D eigenvalue weighted by Crippen LogP contribution is -2.44. The summed E-state index contributed by atoms with van der Waals surface area (Å²) in [6.45, 7) is 6.10. The molecule has 0 saturated carbocycles. The molecule has 0 aliphatic heterocycles. The van der Waals surface area contributed by atoms with E-state index in [2.05, 4.69) is 12.2 Å². The zero-order valence-corrected chi connectivity index (χ0v) is 11.7. The molecule has 0 radical (unpaired) electrons. The van der Waals surface area contributed by atoms with E-state index in [0.29, 0.717) is 12.3 Å². The van der Waals surface area contributed by atoms with Crippen LogP contribution in [-0.2, 0) is 4.79 Å². The minimum Gasteiger partial charge on any atom is -0.350 e. The molecule has 3 heteroatoms. The van der Waals surface area contributed by atoms with Crippen molar-refractivity contribution in [1.82, 2.24) is 5.32 Å². The average Bonchev–Trinajstić information content (AvgIpc) is 2.22. The summed E-state index contributed by atoms with van der Waals surface area (Å²) in [6.07, 6.45) is 7.91. The van der Waals surface area contributed by atoms with Gasteiger partial charge < -0.3 is 5.32 Å². The maximum atomic E-state index is 11.5. The maximum Gasteiger partial charge on any atom is 0.220 e. The molecular weight excluding hydrogens is 222 g/mol. The first kappa shape index (κ1) is 15.8. The van der Waals surface area contributed by atoms with Gasteiger partial charge in [-0.3, -0.25) is 4.79 Å². The van der Waals surface area contributed by atoms with Crippen LogP contribution in [-0.4, -0.2) is 17.3 Å². The Labute approximate surface area is 105 Å². The van der Waals surface area contributed by atoms with Gasteiger partial charge in [-0.2, -0.15) is 0 Å². The number of carbonyl (C=O) groups excluding carboxylic acids is 1. The van der Waals surface area contributed by atoms with Crippen LogP contribution in [0.25, 0.3) is 0 Å². The monoisotopic (exact) mass is 247 g/mol. The molecule has 16 heavy (non-hydrogen) atoms. The Balaban J connectivity index is 3.44. The maximum absolute atomic E-state index is 11.5. The Morgan fingerprint density at radius 3 is 2.25 bits per heavy atom. The second-order valence-electron chi connectivity index (χ2n) is 5.08. The third-order valence-electron chi connectivity index (χ3n) is 2.57. The summed E-state index contributed by atoms with van der Waals surface area (Å²) in [7, 11) is 0. The van der Waals surface area contributed by atoms with Crippen LogP contribution in [0, 0.1) is 0 Å². The van der Waals surface area contributed by atoms with E-state index in [0.717, 1.165) is 12.8 Å². The third-order valence-corrected chi connectivity index (χ3v) is 3.24. The number of rotatable bonds is 9. The van der Waals surface area contributed by atoms with Gasteiger partial charge in [-0.25, -0.2) is 0 Å². The molecule has 0 rings (SSSR count). The fourth-order valence-electron chi connectivity index (χ4n) is 1.54. The smallest absolute Gasteiger partial charge is 0.220 e. The van der Waals surface area contributed by atoms with Crippen LogP contribution < -0.4 is 5.32 Å². The van der Waals surface area contributed by atoms with E-state index in [1.54, 1.807) is 0 Å². The SMILES string of the molecule is CCCCCCCCC(=O)NC(C)(C)CCl. The van der Waals surface area contributed by atoms with Crippen molar-refractivity contribution < 1.29 is 4.79 Å². The molecule has 0 atom stereocenters. The zero-order valence-electron chi connectivity index (χ0n) is 10.9. The lowest BCUT2D eigenvalue weighted by atomic mass is 10.1. The first-order chi connectivity index (χ1) is 7.52. The van der Waals surface area contributed by atoms with Crippen molar-refractivity contribution in [3.8, 4) is 0 Å². The highest BCUT2D eigenvalue weighted by molar-refractivity contribution is 6.18. The highest BCUT2D eigenvalue weighted by atomic mass is 35.5. The van der Waals surface area contributed by atoms with E-state index in [9.17, 15) is 4.79 Å². The predicted octanol–water partition coefficient (Wildman–Crippen LogP) is 3.87. The minimum absolute atomic E-state index is 0.126. The van der Waals surface area contributed by atoms with Crippen molar-refractivity contribution in [1.29, 1.82) is 0 Å². The highest BCUT2D eigenvalue weighted by Gasteiger charge is 2.18. The molecule has 0 saturated heterocycles. The molecule has 0 heterocycles. The van der Waals surface area contributed by atoms with Gasteiger partial charge in [-0.15, -0.1) is 11.6 Å². The van der Waals surface area contributed by atoms with Gasteiger partial charge >= 0.3 is 0 Å². The van der Waals surface area contributed by atoms with E-state index in [-0.39, 0.29) is 11.4 Å². The normalized spacial score (nSPS) is 11.5. The van der Waals surface area contributed by atoms with E-state index in [1.165, 1.54) is 25.7 Å².